The van der Waals surface area contributed by atoms with Crippen molar-refractivity contribution in [2.45, 2.75) is 96.8 Å². The van der Waals surface area contributed by atoms with E-state index in [0.29, 0.717) is 12.3 Å². The monoisotopic (exact) mass is 506 g/mol. The van der Waals surface area contributed by atoms with Gasteiger partial charge in [0.25, 0.3) is 0 Å². The zero-order valence-electron chi connectivity index (χ0n) is 22.3. The smallest absolute Gasteiger partial charge is 0.373 e. The maximum absolute atomic E-state index is 11.9. The second-order valence-electron chi connectivity index (χ2n) is 9.74. The topological polar surface area (TPSA) is 90.2 Å². The number of nitro groups is 1. The summed E-state index contributed by atoms with van der Waals surface area (Å²) >= 11 is 0. The van der Waals surface area contributed by atoms with Crippen LogP contribution in [-0.4, -0.2) is 21.4 Å². The lowest BCUT2D eigenvalue weighted by atomic mass is 10.0. The van der Waals surface area contributed by atoms with Gasteiger partial charge in [-0.2, -0.15) is 4.98 Å². The molecule has 1 aromatic heterocycles. The fourth-order valence-corrected chi connectivity index (χ4v) is 4.65. The van der Waals surface area contributed by atoms with Gasteiger partial charge < -0.3 is 10.1 Å². The van der Waals surface area contributed by atoms with Gasteiger partial charge in [0.15, 0.2) is 0 Å². The zero-order valence-corrected chi connectivity index (χ0v) is 22.3. The Bertz CT molecular complexity index is 1080. The Morgan fingerprint density at radius 1 is 0.784 bits per heavy atom. The van der Waals surface area contributed by atoms with Crippen molar-refractivity contribution >= 4 is 22.3 Å². The van der Waals surface area contributed by atoms with Crippen molar-refractivity contribution in [1.82, 2.24) is 9.97 Å². The van der Waals surface area contributed by atoms with Gasteiger partial charge in [-0.25, -0.2) is 4.98 Å². The Hall–Kier alpha value is -3.22. The highest BCUT2D eigenvalue weighted by atomic mass is 16.6. The highest BCUT2D eigenvalue weighted by Crippen LogP contribution is 2.36. The van der Waals surface area contributed by atoms with E-state index in [2.05, 4.69) is 22.2 Å². The molecule has 2 aromatic carbocycles. The van der Waals surface area contributed by atoms with Crippen molar-refractivity contribution in [2.75, 3.05) is 11.9 Å². The van der Waals surface area contributed by atoms with Crippen LogP contribution in [-0.2, 0) is 0 Å². The van der Waals surface area contributed by atoms with Crippen molar-refractivity contribution in [3.05, 3.63) is 58.9 Å². The summed E-state index contributed by atoms with van der Waals surface area (Å²) in [5.74, 6) is 0.669. The Morgan fingerprint density at radius 3 is 2.03 bits per heavy atom. The third-order valence-electron chi connectivity index (χ3n) is 6.75. The van der Waals surface area contributed by atoms with Crippen LogP contribution in [0.3, 0.4) is 0 Å². The number of fused-ring (bicyclic) bond motifs is 1. The first-order valence-electron chi connectivity index (χ1n) is 14.1. The van der Waals surface area contributed by atoms with E-state index in [4.69, 9.17) is 4.74 Å². The van der Waals surface area contributed by atoms with Crippen LogP contribution in [0.15, 0.2) is 48.8 Å². The van der Waals surface area contributed by atoms with E-state index in [1.165, 1.54) is 83.4 Å². The summed E-state index contributed by atoms with van der Waals surface area (Å²) in [6, 6.07) is 13.4. The fraction of sp³-hybridized carbons (Fsp3) is 0.533. The molecule has 0 radical (unpaired) electrons. The van der Waals surface area contributed by atoms with E-state index in [-0.39, 0.29) is 17.4 Å². The Labute approximate surface area is 221 Å². The number of ether oxygens (including phenoxy) is 1. The van der Waals surface area contributed by atoms with Gasteiger partial charge in [0.05, 0.1) is 4.92 Å². The largest absolute Gasteiger partial charge is 0.433 e. The summed E-state index contributed by atoms with van der Waals surface area (Å²) in [5, 5.41) is 16.9. The summed E-state index contributed by atoms with van der Waals surface area (Å²) in [6.45, 7) is 2.89. The molecule has 7 heteroatoms. The van der Waals surface area contributed by atoms with Crippen LogP contribution >= 0.6 is 0 Å². The van der Waals surface area contributed by atoms with E-state index in [0.717, 1.165) is 23.6 Å². The molecule has 7 nitrogen and oxygen atoms in total. The molecule has 0 saturated heterocycles. The summed E-state index contributed by atoms with van der Waals surface area (Å²) in [5.41, 5.74) is -0.235. The molecule has 37 heavy (non-hydrogen) atoms. The Balaban J connectivity index is 1.37. The quantitative estimate of drug-likeness (QED) is 0.0989. The summed E-state index contributed by atoms with van der Waals surface area (Å²) in [7, 11) is 0. The predicted molar refractivity (Wildman–Crippen MR) is 152 cm³/mol. The fourth-order valence-electron chi connectivity index (χ4n) is 4.65. The van der Waals surface area contributed by atoms with Crippen LogP contribution in [0.2, 0.25) is 0 Å². The van der Waals surface area contributed by atoms with Crippen molar-refractivity contribution < 1.29 is 9.66 Å². The van der Waals surface area contributed by atoms with Crippen LogP contribution in [0.25, 0.3) is 10.8 Å². The summed E-state index contributed by atoms with van der Waals surface area (Å²) in [4.78, 5) is 19.6. The first kappa shape index (κ1) is 28.4. The lowest BCUT2D eigenvalue weighted by molar-refractivity contribution is -0.385. The van der Waals surface area contributed by atoms with Gasteiger partial charge in [0.2, 0.25) is 5.82 Å². The minimum atomic E-state index is -0.478. The highest BCUT2D eigenvalue weighted by molar-refractivity contribution is 5.88. The molecule has 0 bridgehead atoms. The lowest BCUT2D eigenvalue weighted by Crippen LogP contribution is -2.08. The van der Waals surface area contributed by atoms with Gasteiger partial charge in [-0.3, -0.25) is 10.1 Å². The second-order valence-corrected chi connectivity index (χ2v) is 9.74. The average Bonchev–Trinajstić information content (AvgIpc) is 2.91. The minimum Gasteiger partial charge on any atom is -0.433 e. The highest BCUT2D eigenvalue weighted by Gasteiger charge is 2.25. The van der Waals surface area contributed by atoms with E-state index in [1.807, 2.05) is 36.4 Å². The molecule has 3 aromatic rings. The van der Waals surface area contributed by atoms with Crippen LogP contribution in [0.4, 0.5) is 11.5 Å². The molecule has 0 atom stereocenters. The molecule has 1 N–H and O–H groups in total. The molecular formula is C30H42N4O3. The Morgan fingerprint density at radius 2 is 1.38 bits per heavy atom. The summed E-state index contributed by atoms with van der Waals surface area (Å²) in [6.07, 6.45) is 19.5. The molecular weight excluding hydrogens is 464 g/mol. The van der Waals surface area contributed by atoms with Crippen molar-refractivity contribution in [1.29, 1.82) is 0 Å². The number of aromatic nitrogens is 2. The van der Waals surface area contributed by atoms with E-state index in [1.54, 1.807) is 6.07 Å². The van der Waals surface area contributed by atoms with E-state index in [9.17, 15) is 10.1 Å². The van der Waals surface area contributed by atoms with E-state index >= 15 is 0 Å². The normalized spacial score (nSPS) is 11.1. The zero-order chi connectivity index (χ0) is 26.1. The molecule has 0 aliphatic rings. The van der Waals surface area contributed by atoms with Crippen LogP contribution < -0.4 is 10.1 Å². The Kier molecular flexibility index (Phi) is 12.7. The third-order valence-corrected chi connectivity index (χ3v) is 6.75. The molecule has 1 heterocycles. The van der Waals surface area contributed by atoms with Gasteiger partial charge in [-0.1, -0.05) is 127 Å². The van der Waals surface area contributed by atoms with Gasteiger partial charge >= 0.3 is 11.6 Å². The van der Waals surface area contributed by atoms with Gasteiger partial charge in [-0.05, 0) is 17.9 Å². The van der Waals surface area contributed by atoms with Crippen LogP contribution in [0.1, 0.15) is 96.8 Å². The number of rotatable bonds is 19. The maximum atomic E-state index is 11.9. The third kappa shape index (κ3) is 9.63. The molecule has 0 saturated carbocycles. The average molecular weight is 507 g/mol. The number of hydrogen-bond acceptors (Lipinski definition) is 6. The second kappa shape index (κ2) is 16.5. The molecule has 0 spiro atoms. The lowest BCUT2D eigenvalue weighted by Gasteiger charge is -2.11. The molecule has 0 unspecified atom stereocenters. The van der Waals surface area contributed by atoms with Gasteiger partial charge in [0, 0.05) is 11.9 Å². The van der Waals surface area contributed by atoms with Gasteiger partial charge in [-0.15, -0.1) is 0 Å². The molecule has 0 aliphatic carbocycles. The minimum absolute atomic E-state index is 0.0557. The van der Waals surface area contributed by atoms with Crippen LogP contribution in [0, 0.1) is 10.1 Å². The molecule has 3 rings (SSSR count). The summed E-state index contributed by atoms with van der Waals surface area (Å²) < 4.78 is 5.92. The number of hydrogen-bond donors (Lipinski definition) is 1. The standard InChI is InChI=1S/C30H42N4O3/c1-2-3-4-5-6-7-8-9-10-11-12-13-14-17-23-31-29-28(34(35)36)30(33-24-32-29)37-27-22-18-20-25-19-15-16-21-26(25)27/h15-16,18-22,24H,2-14,17,23H2,1H3,(H,31,32,33). The SMILES string of the molecule is CCCCCCCCCCCCCCCCNc1ncnc(Oc2cccc3ccccc23)c1[N+](=O)[O-]. The molecule has 0 aliphatic heterocycles. The molecule has 0 amide bonds. The number of benzene rings is 2. The first-order chi connectivity index (χ1) is 18.2. The predicted octanol–water partition coefficient (Wildman–Crippen LogP) is 9.22. The van der Waals surface area contributed by atoms with Crippen molar-refractivity contribution in [3.63, 3.8) is 0 Å². The van der Waals surface area contributed by atoms with Crippen molar-refractivity contribution in [2.24, 2.45) is 0 Å². The number of unbranched alkanes of at least 4 members (excludes halogenated alkanes) is 13. The maximum Gasteiger partial charge on any atom is 0.373 e. The van der Waals surface area contributed by atoms with Gasteiger partial charge in [0.1, 0.15) is 12.1 Å². The van der Waals surface area contributed by atoms with Crippen molar-refractivity contribution in [3.8, 4) is 11.6 Å². The number of anilines is 1. The first-order valence-corrected chi connectivity index (χ1v) is 14.1. The molecule has 200 valence electrons. The number of nitrogens with one attached hydrogen (secondary N) is 1. The molecule has 0 fully saturated rings. The van der Waals surface area contributed by atoms with Crippen LogP contribution in [0.5, 0.6) is 11.6 Å². The number of nitrogens with zero attached hydrogens (tertiary/aromatic N) is 3. The van der Waals surface area contributed by atoms with E-state index < -0.39 is 4.92 Å².